The minimum absolute atomic E-state index is 0.0166. The lowest BCUT2D eigenvalue weighted by molar-refractivity contribution is -0.113. The minimum Gasteiger partial charge on any atom is -0.325 e. The molecule has 0 aliphatic heterocycles. The SMILES string of the molecule is O=C(CSc1nc2ccccc2c(=O)n1-c1cccc(Cl)c1)Nc1ccc(F)cc1. The summed E-state index contributed by atoms with van der Waals surface area (Å²) in [6, 6.07) is 19.4. The first-order valence-electron chi connectivity index (χ1n) is 8.97. The van der Waals surface area contributed by atoms with Gasteiger partial charge in [0.05, 0.1) is 22.3 Å². The highest BCUT2D eigenvalue weighted by molar-refractivity contribution is 7.99. The Labute approximate surface area is 180 Å². The van der Waals surface area contributed by atoms with Crippen LogP contribution in [0.1, 0.15) is 0 Å². The maximum atomic E-state index is 13.2. The third-order valence-corrected chi connectivity index (χ3v) is 5.45. The molecule has 0 saturated heterocycles. The van der Waals surface area contributed by atoms with Crippen molar-refractivity contribution in [3.63, 3.8) is 0 Å². The summed E-state index contributed by atoms with van der Waals surface area (Å²) in [5.41, 5.74) is 1.35. The predicted molar refractivity (Wildman–Crippen MR) is 118 cm³/mol. The van der Waals surface area contributed by atoms with Crippen LogP contribution in [0.3, 0.4) is 0 Å². The van der Waals surface area contributed by atoms with Crippen LogP contribution in [-0.2, 0) is 4.79 Å². The van der Waals surface area contributed by atoms with E-state index in [0.29, 0.717) is 32.5 Å². The number of hydrogen-bond donors (Lipinski definition) is 1. The van der Waals surface area contributed by atoms with Crippen molar-refractivity contribution in [2.75, 3.05) is 11.1 Å². The zero-order valence-electron chi connectivity index (χ0n) is 15.5. The molecule has 0 aliphatic rings. The zero-order chi connectivity index (χ0) is 21.1. The molecule has 1 N–H and O–H groups in total. The normalized spacial score (nSPS) is 10.9. The van der Waals surface area contributed by atoms with Crippen LogP contribution in [0.2, 0.25) is 5.02 Å². The van der Waals surface area contributed by atoms with Crippen LogP contribution in [0.25, 0.3) is 16.6 Å². The van der Waals surface area contributed by atoms with Gasteiger partial charge in [-0.2, -0.15) is 0 Å². The van der Waals surface area contributed by atoms with E-state index in [1.807, 2.05) is 0 Å². The molecule has 0 radical (unpaired) electrons. The van der Waals surface area contributed by atoms with E-state index in [1.54, 1.807) is 48.5 Å². The van der Waals surface area contributed by atoms with Crippen molar-refractivity contribution in [1.29, 1.82) is 0 Å². The number of fused-ring (bicyclic) bond motifs is 1. The highest BCUT2D eigenvalue weighted by atomic mass is 35.5. The molecule has 0 fully saturated rings. The molecular weight excluding hydrogens is 425 g/mol. The molecule has 5 nitrogen and oxygen atoms in total. The smallest absolute Gasteiger partial charge is 0.266 e. The van der Waals surface area contributed by atoms with Crippen LogP contribution in [0.5, 0.6) is 0 Å². The van der Waals surface area contributed by atoms with E-state index in [-0.39, 0.29) is 23.0 Å². The number of nitrogens with one attached hydrogen (secondary N) is 1. The van der Waals surface area contributed by atoms with Crippen LogP contribution < -0.4 is 10.9 Å². The molecule has 150 valence electrons. The molecule has 4 aromatic rings. The second-order valence-electron chi connectivity index (χ2n) is 6.38. The number of rotatable bonds is 5. The third kappa shape index (κ3) is 4.37. The van der Waals surface area contributed by atoms with Crippen LogP contribution in [-0.4, -0.2) is 21.2 Å². The molecular formula is C22H15ClFN3O2S. The highest BCUT2D eigenvalue weighted by Gasteiger charge is 2.15. The Morgan fingerprint density at radius 2 is 1.83 bits per heavy atom. The van der Waals surface area contributed by atoms with E-state index < -0.39 is 0 Å². The summed E-state index contributed by atoms with van der Waals surface area (Å²) in [5, 5.41) is 4.02. The molecule has 3 aromatic carbocycles. The number of benzene rings is 3. The fraction of sp³-hybridized carbons (Fsp3) is 0.0455. The number of para-hydroxylation sites is 1. The first-order valence-corrected chi connectivity index (χ1v) is 10.3. The van der Waals surface area contributed by atoms with E-state index in [1.165, 1.54) is 28.8 Å². The van der Waals surface area contributed by atoms with Crippen LogP contribution >= 0.6 is 23.4 Å². The summed E-state index contributed by atoms with van der Waals surface area (Å²) < 4.78 is 14.5. The Kier molecular flexibility index (Phi) is 5.83. The number of carbonyl (C=O) groups is 1. The van der Waals surface area contributed by atoms with Crippen molar-refractivity contribution in [2.45, 2.75) is 5.16 Å². The predicted octanol–water partition coefficient (Wildman–Crippen LogP) is 4.91. The average Bonchev–Trinajstić information content (AvgIpc) is 2.74. The Bertz CT molecular complexity index is 1290. The van der Waals surface area contributed by atoms with Gasteiger partial charge in [-0.1, -0.05) is 41.6 Å². The van der Waals surface area contributed by atoms with Crippen molar-refractivity contribution in [2.24, 2.45) is 0 Å². The molecule has 1 aromatic heterocycles. The lowest BCUT2D eigenvalue weighted by Crippen LogP contribution is -2.23. The minimum atomic E-state index is -0.381. The molecule has 0 bridgehead atoms. The van der Waals surface area contributed by atoms with Gasteiger partial charge in [-0.15, -0.1) is 0 Å². The van der Waals surface area contributed by atoms with Gasteiger partial charge in [0.15, 0.2) is 5.16 Å². The summed E-state index contributed by atoms with van der Waals surface area (Å²) >= 11 is 7.24. The number of nitrogens with zero attached hydrogens (tertiary/aromatic N) is 2. The van der Waals surface area contributed by atoms with Gasteiger partial charge in [0.25, 0.3) is 5.56 Å². The van der Waals surface area contributed by atoms with E-state index in [4.69, 9.17) is 11.6 Å². The molecule has 0 aliphatic carbocycles. The quantitative estimate of drug-likeness (QED) is 0.354. The van der Waals surface area contributed by atoms with Gasteiger partial charge in [-0.3, -0.25) is 14.2 Å². The number of anilines is 1. The van der Waals surface area contributed by atoms with E-state index in [9.17, 15) is 14.0 Å². The van der Waals surface area contributed by atoms with Gasteiger partial charge in [0, 0.05) is 10.7 Å². The molecule has 1 heterocycles. The molecule has 0 atom stereocenters. The Morgan fingerprint density at radius 3 is 2.60 bits per heavy atom. The van der Waals surface area contributed by atoms with Gasteiger partial charge < -0.3 is 5.32 Å². The summed E-state index contributed by atoms with van der Waals surface area (Å²) in [6.07, 6.45) is 0. The molecule has 30 heavy (non-hydrogen) atoms. The molecule has 8 heteroatoms. The first-order chi connectivity index (χ1) is 14.5. The number of amides is 1. The summed E-state index contributed by atoms with van der Waals surface area (Å²) in [5.74, 6) is -0.664. The summed E-state index contributed by atoms with van der Waals surface area (Å²) in [7, 11) is 0. The van der Waals surface area contributed by atoms with Gasteiger partial charge in [-0.05, 0) is 54.6 Å². The lowest BCUT2D eigenvalue weighted by Gasteiger charge is -2.13. The largest absolute Gasteiger partial charge is 0.325 e. The highest BCUT2D eigenvalue weighted by Crippen LogP contribution is 2.23. The van der Waals surface area contributed by atoms with Crippen molar-refractivity contribution < 1.29 is 9.18 Å². The summed E-state index contributed by atoms with van der Waals surface area (Å²) in [6.45, 7) is 0. The molecule has 1 amide bonds. The number of halogens is 2. The number of carbonyl (C=O) groups excluding carboxylic acids is 1. The zero-order valence-corrected chi connectivity index (χ0v) is 17.1. The van der Waals surface area contributed by atoms with Gasteiger partial charge >= 0.3 is 0 Å². The standard InChI is InChI=1S/C22H15ClFN3O2S/c23-14-4-3-5-17(12-14)27-21(29)18-6-1-2-7-19(18)26-22(27)30-13-20(28)25-16-10-8-15(24)9-11-16/h1-12H,13H2,(H,25,28). The number of hydrogen-bond acceptors (Lipinski definition) is 4. The van der Waals surface area contributed by atoms with Crippen molar-refractivity contribution in [1.82, 2.24) is 9.55 Å². The monoisotopic (exact) mass is 439 g/mol. The third-order valence-electron chi connectivity index (χ3n) is 4.27. The van der Waals surface area contributed by atoms with Crippen LogP contribution in [0, 0.1) is 5.82 Å². The maximum Gasteiger partial charge on any atom is 0.266 e. The second-order valence-corrected chi connectivity index (χ2v) is 7.75. The van der Waals surface area contributed by atoms with E-state index >= 15 is 0 Å². The Hall–Kier alpha value is -3.16. The van der Waals surface area contributed by atoms with E-state index in [0.717, 1.165) is 11.8 Å². The van der Waals surface area contributed by atoms with Gasteiger partial charge in [-0.25, -0.2) is 9.37 Å². The topological polar surface area (TPSA) is 64.0 Å². The van der Waals surface area contributed by atoms with Crippen molar-refractivity contribution >= 4 is 45.9 Å². The molecule has 0 unspecified atom stereocenters. The fourth-order valence-corrected chi connectivity index (χ4v) is 3.91. The Morgan fingerprint density at radius 1 is 1.07 bits per heavy atom. The molecule has 0 saturated carbocycles. The van der Waals surface area contributed by atoms with Gasteiger partial charge in [0.1, 0.15) is 5.82 Å². The number of thioether (sulfide) groups is 1. The van der Waals surface area contributed by atoms with Crippen molar-refractivity contribution in [3.05, 3.63) is 94.0 Å². The molecule has 0 spiro atoms. The first kappa shape index (κ1) is 20.1. The Balaban J connectivity index is 1.67. The van der Waals surface area contributed by atoms with Crippen molar-refractivity contribution in [3.8, 4) is 5.69 Å². The lowest BCUT2D eigenvalue weighted by atomic mass is 10.2. The van der Waals surface area contributed by atoms with Crippen LogP contribution in [0.4, 0.5) is 10.1 Å². The van der Waals surface area contributed by atoms with Crippen LogP contribution in [0.15, 0.2) is 82.7 Å². The maximum absolute atomic E-state index is 13.2. The number of aromatic nitrogens is 2. The average molecular weight is 440 g/mol. The van der Waals surface area contributed by atoms with E-state index in [2.05, 4.69) is 10.3 Å². The molecule has 4 rings (SSSR count). The van der Waals surface area contributed by atoms with Gasteiger partial charge in [0.2, 0.25) is 5.91 Å². The second kappa shape index (κ2) is 8.69. The summed E-state index contributed by atoms with van der Waals surface area (Å²) in [4.78, 5) is 30.1. The fourth-order valence-electron chi connectivity index (χ4n) is 2.91.